The maximum absolute atomic E-state index is 5.88. The predicted octanol–water partition coefficient (Wildman–Crippen LogP) is 4.32. The molecule has 0 aliphatic carbocycles. The summed E-state index contributed by atoms with van der Waals surface area (Å²) < 4.78 is 11.8. The number of rotatable bonds is 2. The topological polar surface area (TPSA) is 47.5 Å². The Morgan fingerprint density at radius 2 is 1.81 bits per heavy atom. The van der Waals surface area contributed by atoms with Crippen LogP contribution < -0.4 is 4.90 Å². The summed E-state index contributed by atoms with van der Waals surface area (Å²) >= 11 is 1.69. The first kappa shape index (κ1) is 17.1. The van der Waals surface area contributed by atoms with E-state index in [0.29, 0.717) is 13.2 Å². The fourth-order valence-electron chi connectivity index (χ4n) is 4.26. The van der Waals surface area contributed by atoms with E-state index in [2.05, 4.69) is 47.3 Å². The number of aromatic nitrogens is 2. The maximum atomic E-state index is 5.88. The van der Waals surface area contributed by atoms with Crippen molar-refractivity contribution in [1.29, 1.82) is 0 Å². The van der Waals surface area contributed by atoms with Crippen molar-refractivity contribution in [3.8, 4) is 11.1 Å². The average Bonchev–Trinajstić information content (AvgIpc) is 3.30. The number of nitrogens with zero attached hydrogens (tertiary/aromatic N) is 3. The Bertz CT molecular complexity index is 984. The van der Waals surface area contributed by atoms with E-state index >= 15 is 0 Å². The van der Waals surface area contributed by atoms with Gasteiger partial charge in [0, 0.05) is 36.9 Å². The molecule has 0 amide bonds. The molecule has 5 rings (SSSR count). The maximum Gasteiger partial charge on any atom is 0.171 e. The first-order valence-corrected chi connectivity index (χ1v) is 10.4. The number of ether oxygens (including phenoxy) is 2. The molecule has 2 fully saturated rings. The number of piperidine rings is 1. The fraction of sp³-hybridized carbons (Fsp3) is 0.429. The first-order valence-electron chi connectivity index (χ1n) is 9.48. The van der Waals surface area contributed by atoms with Gasteiger partial charge in [0.05, 0.1) is 18.6 Å². The van der Waals surface area contributed by atoms with Crippen molar-refractivity contribution >= 4 is 27.4 Å². The molecule has 2 saturated heterocycles. The summed E-state index contributed by atoms with van der Waals surface area (Å²) in [5.41, 5.74) is 5.07. The summed E-state index contributed by atoms with van der Waals surface area (Å²) in [6, 6.07) is 6.63. The standard InChI is InChI=1S/C21H23N3O2S/c1-14-3-4-16(15(2)11-14)17-12-27-20-18(17)19(22-13-23-20)24-7-5-21(6-8-24)25-9-10-26-21/h3-4,11-13H,5-10H2,1-2H3. The van der Waals surface area contributed by atoms with Gasteiger partial charge in [-0.05, 0) is 25.0 Å². The summed E-state index contributed by atoms with van der Waals surface area (Å²) in [4.78, 5) is 12.6. The molecular formula is C21H23N3O2S. The van der Waals surface area contributed by atoms with Crippen molar-refractivity contribution < 1.29 is 9.47 Å². The largest absolute Gasteiger partial charge is 0.356 e. The third-order valence-electron chi connectivity index (χ3n) is 5.66. The van der Waals surface area contributed by atoms with Crippen LogP contribution in [0.2, 0.25) is 0 Å². The Hall–Kier alpha value is -2.02. The van der Waals surface area contributed by atoms with E-state index in [1.165, 1.54) is 27.6 Å². The Balaban J connectivity index is 1.55. The summed E-state index contributed by atoms with van der Waals surface area (Å²) in [6.45, 7) is 7.49. The van der Waals surface area contributed by atoms with Gasteiger partial charge >= 0.3 is 0 Å². The number of hydrogen-bond acceptors (Lipinski definition) is 6. The van der Waals surface area contributed by atoms with Gasteiger partial charge in [0.25, 0.3) is 0 Å². The minimum Gasteiger partial charge on any atom is -0.356 e. The van der Waals surface area contributed by atoms with Crippen molar-refractivity contribution in [2.24, 2.45) is 0 Å². The molecule has 6 heteroatoms. The quantitative estimate of drug-likeness (QED) is 0.662. The van der Waals surface area contributed by atoms with Gasteiger partial charge in [0.1, 0.15) is 17.0 Å². The Morgan fingerprint density at radius 1 is 1.04 bits per heavy atom. The van der Waals surface area contributed by atoms with Crippen LogP contribution in [-0.4, -0.2) is 42.1 Å². The average molecular weight is 382 g/mol. The lowest BCUT2D eigenvalue weighted by Gasteiger charge is -2.38. The van der Waals surface area contributed by atoms with Gasteiger partial charge < -0.3 is 14.4 Å². The Kier molecular flexibility index (Phi) is 4.15. The Morgan fingerprint density at radius 3 is 2.56 bits per heavy atom. The van der Waals surface area contributed by atoms with Crippen LogP contribution >= 0.6 is 11.3 Å². The molecule has 27 heavy (non-hydrogen) atoms. The van der Waals surface area contributed by atoms with E-state index in [-0.39, 0.29) is 5.79 Å². The van der Waals surface area contributed by atoms with Crippen LogP contribution in [0.1, 0.15) is 24.0 Å². The van der Waals surface area contributed by atoms with Crippen LogP contribution in [-0.2, 0) is 9.47 Å². The van der Waals surface area contributed by atoms with Gasteiger partial charge in [0.15, 0.2) is 5.79 Å². The summed E-state index contributed by atoms with van der Waals surface area (Å²) in [5, 5.41) is 3.38. The number of fused-ring (bicyclic) bond motifs is 1. The second-order valence-corrected chi connectivity index (χ2v) is 8.30. The van der Waals surface area contributed by atoms with E-state index in [1.54, 1.807) is 17.7 Å². The van der Waals surface area contributed by atoms with Crippen molar-refractivity contribution in [2.45, 2.75) is 32.5 Å². The first-order chi connectivity index (χ1) is 13.2. The molecule has 0 bridgehead atoms. The third kappa shape index (κ3) is 2.92. The molecule has 5 nitrogen and oxygen atoms in total. The van der Waals surface area contributed by atoms with Crippen molar-refractivity contribution in [2.75, 3.05) is 31.2 Å². The highest BCUT2D eigenvalue weighted by atomic mass is 32.1. The van der Waals surface area contributed by atoms with Gasteiger partial charge in [-0.25, -0.2) is 9.97 Å². The number of hydrogen-bond donors (Lipinski definition) is 0. The molecule has 1 aromatic carbocycles. The van der Waals surface area contributed by atoms with Crippen molar-refractivity contribution in [3.63, 3.8) is 0 Å². The zero-order chi connectivity index (χ0) is 18.4. The highest BCUT2D eigenvalue weighted by Crippen LogP contribution is 2.41. The van der Waals surface area contributed by atoms with Crippen LogP contribution in [0.3, 0.4) is 0 Å². The van der Waals surface area contributed by atoms with Crippen LogP contribution in [0.4, 0.5) is 5.82 Å². The molecule has 140 valence electrons. The highest BCUT2D eigenvalue weighted by molar-refractivity contribution is 7.17. The Labute approximate surface area is 163 Å². The zero-order valence-corrected chi connectivity index (χ0v) is 16.5. The SMILES string of the molecule is Cc1ccc(-c2csc3ncnc(N4CCC5(CC4)OCCO5)c23)c(C)c1. The number of benzene rings is 1. The van der Waals surface area contributed by atoms with Gasteiger partial charge in [-0.15, -0.1) is 11.3 Å². The van der Waals surface area contributed by atoms with Crippen LogP contribution in [0, 0.1) is 13.8 Å². The minimum atomic E-state index is -0.367. The van der Waals surface area contributed by atoms with Gasteiger partial charge in [-0.3, -0.25) is 0 Å². The monoisotopic (exact) mass is 381 g/mol. The third-order valence-corrected chi connectivity index (χ3v) is 6.55. The molecule has 0 N–H and O–H groups in total. The number of aryl methyl sites for hydroxylation is 2. The van der Waals surface area contributed by atoms with E-state index in [9.17, 15) is 0 Å². The lowest BCUT2D eigenvalue weighted by molar-refractivity contribution is -0.169. The van der Waals surface area contributed by atoms with E-state index < -0.39 is 0 Å². The van der Waals surface area contributed by atoms with E-state index in [4.69, 9.17) is 14.5 Å². The molecule has 2 aromatic heterocycles. The summed E-state index contributed by atoms with van der Waals surface area (Å²) in [5.74, 6) is 0.664. The normalized spacial score (nSPS) is 19.3. The van der Waals surface area contributed by atoms with Crippen LogP contribution in [0.15, 0.2) is 29.9 Å². The molecule has 4 heterocycles. The molecule has 0 saturated carbocycles. The molecule has 1 spiro atoms. The lowest BCUT2D eigenvalue weighted by atomic mass is 9.98. The van der Waals surface area contributed by atoms with E-state index in [1.807, 2.05) is 0 Å². The highest BCUT2D eigenvalue weighted by Gasteiger charge is 2.40. The smallest absolute Gasteiger partial charge is 0.171 e. The zero-order valence-electron chi connectivity index (χ0n) is 15.7. The molecule has 0 atom stereocenters. The second-order valence-electron chi connectivity index (χ2n) is 7.44. The molecule has 0 radical (unpaired) electrons. The molecule has 0 unspecified atom stereocenters. The van der Waals surface area contributed by atoms with Crippen molar-refractivity contribution in [1.82, 2.24) is 9.97 Å². The molecule has 2 aliphatic heterocycles. The number of anilines is 1. The van der Waals surface area contributed by atoms with E-state index in [0.717, 1.165) is 36.6 Å². The predicted molar refractivity (Wildman–Crippen MR) is 108 cm³/mol. The molecule has 3 aromatic rings. The molecular weight excluding hydrogens is 358 g/mol. The van der Waals surface area contributed by atoms with Gasteiger partial charge in [-0.1, -0.05) is 23.8 Å². The molecule has 2 aliphatic rings. The fourth-order valence-corrected chi connectivity index (χ4v) is 5.16. The second kappa shape index (κ2) is 6.55. The van der Waals surface area contributed by atoms with Crippen LogP contribution in [0.5, 0.6) is 0 Å². The van der Waals surface area contributed by atoms with Crippen LogP contribution in [0.25, 0.3) is 21.3 Å². The minimum absolute atomic E-state index is 0.367. The van der Waals surface area contributed by atoms with Crippen molar-refractivity contribution in [3.05, 3.63) is 41.0 Å². The lowest BCUT2D eigenvalue weighted by Crippen LogP contribution is -2.45. The van der Waals surface area contributed by atoms with Gasteiger partial charge in [0.2, 0.25) is 0 Å². The number of thiophene rings is 1. The van der Waals surface area contributed by atoms with Gasteiger partial charge in [-0.2, -0.15) is 0 Å². The summed E-state index contributed by atoms with van der Waals surface area (Å²) in [6.07, 6.45) is 3.44. The summed E-state index contributed by atoms with van der Waals surface area (Å²) in [7, 11) is 0.